The topological polar surface area (TPSA) is 51.3 Å². The van der Waals surface area contributed by atoms with Gasteiger partial charge in [0, 0.05) is 17.8 Å². The van der Waals surface area contributed by atoms with Crippen LogP contribution in [-0.4, -0.2) is 25.5 Å². The molecule has 3 rings (SSSR count). The van der Waals surface area contributed by atoms with Crippen molar-refractivity contribution in [1.29, 1.82) is 0 Å². The molecule has 2 aromatic carbocycles. The lowest BCUT2D eigenvalue weighted by atomic mass is 10.0. The number of aldehydes is 1. The van der Waals surface area contributed by atoms with Crippen molar-refractivity contribution >= 4 is 17.2 Å². The van der Waals surface area contributed by atoms with Crippen LogP contribution in [0.4, 0.5) is 0 Å². The van der Waals surface area contributed by atoms with Gasteiger partial charge in [-0.25, -0.2) is 0 Å². The van der Waals surface area contributed by atoms with E-state index in [9.17, 15) is 4.79 Å². The summed E-state index contributed by atoms with van der Waals surface area (Å²) in [5.74, 6) is 1.17. The Morgan fingerprint density at radius 2 is 1.76 bits per heavy atom. The first-order valence-electron chi connectivity index (χ1n) is 6.56. The van der Waals surface area contributed by atoms with Crippen LogP contribution in [0, 0.1) is 0 Å². The Labute approximate surface area is 122 Å². The monoisotopic (exact) mass is 281 g/mol. The van der Waals surface area contributed by atoms with Gasteiger partial charge in [-0.3, -0.25) is 4.79 Å². The van der Waals surface area contributed by atoms with Crippen LogP contribution in [0.5, 0.6) is 11.5 Å². The average Bonchev–Trinajstić information content (AvgIpc) is 2.99. The minimum atomic E-state index is 0.496. The molecule has 0 radical (unpaired) electrons. The summed E-state index contributed by atoms with van der Waals surface area (Å²) in [6.07, 6.45) is 2.68. The van der Waals surface area contributed by atoms with Crippen LogP contribution < -0.4 is 9.47 Å². The second-order valence-electron chi connectivity index (χ2n) is 4.63. The van der Waals surface area contributed by atoms with Crippen molar-refractivity contribution in [3.8, 4) is 22.6 Å². The van der Waals surface area contributed by atoms with Crippen molar-refractivity contribution in [2.75, 3.05) is 14.2 Å². The first-order chi connectivity index (χ1) is 10.3. The number of H-pyrrole nitrogens is 1. The molecule has 0 atom stereocenters. The summed E-state index contributed by atoms with van der Waals surface area (Å²) in [6.45, 7) is 0. The van der Waals surface area contributed by atoms with Crippen LogP contribution in [0.25, 0.3) is 22.0 Å². The first kappa shape index (κ1) is 13.2. The molecule has 0 saturated heterocycles. The molecule has 0 fully saturated rings. The van der Waals surface area contributed by atoms with Gasteiger partial charge in [-0.15, -0.1) is 0 Å². The van der Waals surface area contributed by atoms with E-state index < -0.39 is 0 Å². The lowest BCUT2D eigenvalue weighted by Crippen LogP contribution is -1.95. The number of rotatable bonds is 4. The van der Waals surface area contributed by atoms with Gasteiger partial charge in [-0.2, -0.15) is 0 Å². The number of hydrogen-bond acceptors (Lipinski definition) is 3. The number of methoxy groups -OCH3 is 2. The van der Waals surface area contributed by atoms with E-state index >= 15 is 0 Å². The Morgan fingerprint density at radius 3 is 2.38 bits per heavy atom. The summed E-state index contributed by atoms with van der Waals surface area (Å²) >= 11 is 0. The number of benzene rings is 2. The van der Waals surface area contributed by atoms with E-state index in [1.807, 2.05) is 36.5 Å². The predicted octanol–water partition coefficient (Wildman–Crippen LogP) is 3.66. The highest BCUT2D eigenvalue weighted by molar-refractivity contribution is 6.08. The largest absolute Gasteiger partial charge is 0.496 e. The number of nitrogens with one attached hydrogen (secondary N) is 1. The molecule has 3 aromatic rings. The van der Waals surface area contributed by atoms with E-state index in [0.717, 1.165) is 28.3 Å². The van der Waals surface area contributed by atoms with Crippen molar-refractivity contribution < 1.29 is 14.3 Å². The maximum atomic E-state index is 11.4. The molecule has 0 spiro atoms. The number of ether oxygens (including phenoxy) is 2. The minimum absolute atomic E-state index is 0.496. The van der Waals surface area contributed by atoms with Crippen LogP contribution in [0.3, 0.4) is 0 Å². The summed E-state index contributed by atoms with van der Waals surface area (Å²) in [4.78, 5) is 14.6. The average molecular weight is 281 g/mol. The second kappa shape index (κ2) is 5.32. The van der Waals surface area contributed by atoms with Crippen LogP contribution in [0.2, 0.25) is 0 Å². The summed E-state index contributed by atoms with van der Waals surface area (Å²) in [5, 5.41) is 0.881. The van der Waals surface area contributed by atoms with Crippen LogP contribution in [0.15, 0.2) is 42.6 Å². The first-order valence-corrected chi connectivity index (χ1v) is 6.56. The molecule has 0 aliphatic heterocycles. The van der Waals surface area contributed by atoms with Crippen molar-refractivity contribution in [3.63, 3.8) is 0 Å². The number of hydrogen-bond donors (Lipinski definition) is 1. The fourth-order valence-corrected chi connectivity index (χ4v) is 2.58. The van der Waals surface area contributed by atoms with Gasteiger partial charge in [0.2, 0.25) is 0 Å². The van der Waals surface area contributed by atoms with Gasteiger partial charge in [0.1, 0.15) is 11.5 Å². The van der Waals surface area contributed by atoms with Gasteiger partial charge in [0.25, 0.3) is 0 Å². The molecule has 4 heteroatoms. The second-order valence-corrected chi connectivity index (χ2v) is 4.63. The van der Waals surface area contributed by atoms with Gasteiger partial charge in [0.15, 0.2) is 6.29 Å². The molecular weight excluding hydrogens is 266 g/mol. The Bertz CT molecular complexity index is 791. The molecule has 1 aromatic heterocycles. The molecule has 1 heterocycles. The fraction of sp³-hybridized carbons (Fsp3) is 0.118. The third kappa shape index (κ3) is 2.05. The van der Waals surface area contributed by atoms with Crippen LogP contribution in [0.1, 0.15) is 10.4 Å². The van der Waals surface area contributed by atoms with Gasteiger partial charge >= 0.3 is 0 Å². The van der Waals surface area contributed by atoms with E-state index in [2.05, 4.69) is 4.98 Å². The predicted molar refractivity (Wildman–Crippen MR) is 82.2 cm³/mol. The minimum Gasteiger partial charge on any atom is -0.496 e. The molecule has 1 N–H and O–H groups in total. The van der Waals surface area contributed by atoms with E-state index in [0.29, 0.717) is 17.1 Å². The third-order valence-corrected chi connectivity index (χ3v) is 3.57. The number of carbonyl (C=O) groups is 1. The summed E-state index contributed by atoms with van der Waals surface area (Å²) in [7, 11) is 3.14. The molecule has 0 aliphatic carbocycles. The number of aromatic nitrogens is 1. The smallest absolute Gasteiger partial charge is 0.155 e. The fourth-order valence-electron chi connectivity index (χ4n) is 2.58. The van der Waals surface area contributed by atoms with Gasteiger partial charge in [-0.1, -0.05) is 30.3 Å². The summed E-state index contributed by atoms with van der Waals surface area (Å²) in [5.41, 5.74) is 3.27. The van der Waals surface area contributed by atoms with Crippen molar-refractivity contribution in [2.45, 2.75) is 0 Å². The van der Waals surface area contributed by atoms with Gasteiger partial charge < -0.3 is 14.5 Å². The number of aromatic amines is 1. The lowest BCUT2D eigenvalue weighted by Gasteiger charge is -2.10. The maximum Gasteiger partial charge on any atom is 0.155 e. The van der Waals surface area contributed by atoms with E-state index in [-0.39, 0.29) is 0 Å². The molecule has 0 amide bonds. The number of carbonyl (C=O) groups excluding carboxylic acids is 1. The zero-order valence-corrected chi connectivity index (χ0v) is 11.8. The Balaban J connectivity index is 2.38. The molecular formula is C17H15NO3. The third-order valence-electron chi connectivity index (χ3n) is 3.57. The summed E-state index contributed by atoms with van der Waals surface area (Å²) in [6, 6.07) is 11.7. The van der Waals surface area contributed by atoms with E-state index in [4.69, 9.17) is 9.47 Å². The number of fused-ring (bicyclic) bond motifs is 1. The molecule has 21 heavy (non-hydrogen) atoms. The zero-order chi connectivity index (χ0) is 14.8. The highest BCUT2D eigenvalue weighted by Crippen LogP contribution is 2.40. The molecule has 106 valence electrons. The summed E-state index contributed by atoms with van der Waals surface area (Å²) < 4.78 is 10.7. The SMILES string of the molecule is COc1cc(OC)c2c(-c3ccccc3)c[nH]c2c1C=O. The zero-order valence-electron chi connectivity index (χ0n) is 11.8. The Hall–Kier alpha value is -2.75. The highest BCUT2D eigenvalue weighted by atomic mass is 16.5. The van der Waals surface area contributed by atoms with Crippen molar-refractivity contribution in [2.24, 2.45) is 0 Å². The molecule has 0 bridgehead atoms. The van der Waals surface area contributed by atoms with Crippen LogP contribution >= 0.6 is 0 Å². The Kier molecular flexibility index (Phi) is 3.36. The van der Waals surface area contributed by atoms with E-state index in [1.54, 1.807) is 13.2 Å². The van der Waals surface area contributed by atoms with Crippen molar-refractivity contribution in [3.05, 3.63) is 48.2 Å². The highest BCUT2D eigenvalue weighted by Gasteiger charge is 2.18. The van der Waals surface area contributed by atoms with Crippen molar-refractivity contribution in [1.82, 2.24) is 4.98 Å². The molecule has 0 aliphatic rings. The maximum absolute atomic E-state index is 11.4. The normalized spacial score (nSPS) is 10.6. The van der Waals surface area contributed by atoms with Gasteiger partial charge in [-0.05, 0) is 5.56 Å². The Morgan fingerprint density at radius 1 is 1.05 bits per heavy atom. The van der Waals surface area contributed by atoms with Crippen LogP contribution in [-0.2, 0) is 0 Å². The van der Waals surface area contributed by atoms with Gasteiger partial charge in [0.05, 0.1) is 30.7 Å². The quantitative estimate of drug-likeness (QED) is 0.742. The molecule has 0 saturated carbocycles. The molecule has 0 unspecified atom stereocenters. The standard InChI is InChI=1S/C17H15NO3/c1-20-14-8-15(21-2)16-12(11-6-4-3-5-7-11)9-18-17(16)13(14)10-19/h3-10,18H,1-2H3. The van der Waals surface area contributed by atoms with E-state index in [1.165, 1.54) is 7.11 Å². The lowest BCUT2D eigenvalue weighted by molar-refractivity contribution is 0.112. The molecule has 4 nitrogen and oxygen atoms in total.